The Balaban J connectivity index is 1.21. The number of imidazole rings is 1. The lowest BCUT2D eigenvalue weighted by Crippen LogP contribution is -2.00. The van der Waals surface area contributed by atoms with Crippen molar-refractivity contribution in [3.8, 4) is 17.1 Å². The highest BCUT2D eigenvalue weighted by molar-refractivity contribution is 6.24. The maximum absolute atomic E-state index is 16.5. The average molecular weight is 573 g/mol. The number of halogens is 1. The van der Waals surface area contributed by atoms with Gasteiger partial charge in [0, 0.05) is 40.7 Å². The Bertz CT molecular complexity index is 2550. The molecular formula is C38H25FN4O. The molecule has 0 aliphatic heterocycles. The summed E-state index contributed by atoms with van der Waals surface area (Å²) in [6.07, 6.45) is 0.469. The standard InChI is InChI=1S/C38H25FN4O/c1-42-31-16-4-3-15-30(31)41-37(42)25-11-6-9-23(21-25)35(39)24-10-7-12-26(22-24)43-36-27(28-14-8-20-40-38(28)43)18-19-33-34(36)29-13-2-5-17-32(29)44-33/h2-22,35H,1H3. The molecule has 0 radical (unpaired) electrons. The van der Waals surface area contributed by atoms with Gasteiger partial charge in [-0.25, -0.2) is 14.4 Å². The van der Waals surface area contributed by atoms with Crippen molar-refractivity contribution in [2.24, 2.45) is 7.05 Å². The largest absolute Gasteiger partial charge is 0.456 e. The van der Waals surface area contributed by atoms with Gasteiger partial charge in [0.05, 0.1) is 21.9 Å². The number of aromatic nitrogens is 4. The summed E-state index contributed by atoms with van der Waals surface area (Å²) >= 11 is 0. The SMILES string of the molecule is Cn1c(-c2cccc(C(F)c3cccc(-n4c5ncccc5c5ccc6oc7ccccc7c6c54)c3)c2)nc2ccccc21. The quantitative estimate of drug-likeness (QED) is 0.211. The van der Waals surface area contributed by atoms with Gasteiger partial charge in [0.15, 0.2) is 6.17 Å². The van der Waals surface area contributed by atoms with Crippen molar-refractivity contribution in [1.82, 2.24) is 19.1 Å². The van der Waals surface area contributed by atoms with E-state index < -0.39 is 6.17 Å². The number of fused-ring (bicyclic) bond motifs is 8. The van der Waals surface area contributed by atoms with Gasteiger partial charge in [-0.1, -0.05) is 60.7 Å². The first-order valence-corrected chi connectivity index (χ1v) is 14.6. The van der Waals surface area contributed by atoms with Gasteiger partial charge in [0.2, 0.25) is 0 Å². The molecule has 0 spiro atoms. The first-order chi connectivity index (χ1) is 21.7. The number of alkyl halides is 1. The van der Waals surface area contributed by atoms with Crippen molar-refractivity contribution >= 4 is 54.9 Å². The maximum Gasteiger partial charge on any atom is 0.150 e. The van der Waals surface area contributed by atoms with E-state index in [1.807, 2.05) is 110 Å². The number of para-hydroxylation sites is 3. The van der Waals surface area contributed by atoms with Crippen LogP contribution in [0.2, 0.25) is 0 Å². The molecule has 0 aliphatic rings. The van der Waals surface area contributed by atoms with Crippen LogP contribution in [-0.2, 0) is 7.05 Å². The minimum absolute atomic E-state index is 0.569. The van der Waals surface area contributed by atoms with Crippen LogP contribution >= 0.6 is 0 Å². The predicted octanol–water partition coefficient (Wildman–Crippen LogP) is 9.69. The molecule has 0 saturated heterocycles. The van der Waals surface area contributed by atoms with E-state index in [0.29, 0.717) is 11.1 Å². The molecule has 9 aromatic rings. The average Bonchev–Trinajstić information content (AvgIpc) is 3.74. The van der Waals surface area contributed by atoms with Gasteiger partial charge in [-0.05, 0) is 71.8 Å². The molecule has 0 aliphatic carbocycles. The third-order valence-corrected chi connectivity index (χ3v) is 8.67. The van der Waals surface area contributed by atoms with E-state index in [1.54, 1.807) is 6.20 Å². The molecule has 0 saturated carbocycles. The molecule has 1 atom stereocenters. The minimum Gasteiger partial charge on any atom is -0.456 e. The molecule has 5 aromatic carbocycles. The van der Waals surface area contributed by atoms with Gasteiger partial charge >= 0.3 is 0 Å². The van der Waals surface area contributed by atoms with Crippen molar-refractivity contribution < 1.29 is 8.81 Å². The van der Waals surface area contributed by atoms with Gasteiger partial charge in [-0.2, -0.15) is 0 Å². The van der Waals surface area contributed by atoms with Gasteiger partial charge in [0.1, 0.15) is 22.6 Å². The highest BCUT2D eigenvalue weighted by atomic mass is 19.1. The Hall–Kier alpha value is -5.75. The Morgan fingerprint density at radius 2 is 1.50 bits per heavy atom. The van der Waals surface area contributed by atoms with E-state index in [1.165, 1.54) is 0 Å². The van der Waals surface area contributed by atoms with Gasteiger partial charge < -0.3 is 8.98 Å². The Labute approximate surface area is 251 Å². The summed E-state index contributed by atoms with van der Waals surface area (Å²) in [6, 6.07) is 39.6. The molecule has 4 heterocycles. The van der Waals surface area contributed by atoms with E-state index in [-0.39, 0.29) is 0 Å². The van der Waals surface area contributed by atoms with Crippen LogP contribution in [0.4, 0.5) is 4.39 Å². The Kier molecular flexibility index (Phi) is 5.29. The fraction of sp³-hybridized carbons (Fsp3) is 0.0526. The first-order valence-electron chi connectivity index (χ1n) is 14.6. The molecule has 0 amide bonds. The summed E-state index contributed by atoms with van der Waals surface area (Å²) in [5.74, 6) is 0.807. The fourth-order valence-corrected chi connectivity index (χ4v) is 6.64. The zero-order valence-electron chi connectivity index (χ0n) is 23.8. The maximum atomic E-state index is 16.5. The zero-order valence-corrected chi connectivity index (χ0v) is 23.8. The Morgan fingerprint density at radius 3 is 2.41 bits per heavy atom. The molecule has 44 heavy (non-hydrogen) atoms. The molecule has 6 heteroatoms. The third-order valence-electron chi connectivity index (χ3n) is 8.67. The number of hydrogen-bond acceptors (Lipinski definition) is 3. The number of hydrogen-bond donors (Lipinski definition) is 0. The summed E-state index contributed by atoms with van der Waals surface area (Å²) in [7, 11) is 1.99. The summed E-state index contributed by atoms with van der Waals surface area (Å²) in [4.78, 5) is 9.63. The lowest BCUT2D eigenvalue weighted by molar-refractivity contribution is 0.402. The second-order valence-electron chi connectivity index (χ2n) is 11.2. The second kappa shape index (κ2) is 9.38. The third kappa shape index (κ3) is 3.57. The predicted molar refractivity (Wildman–Crippen MR) is 175 cm³/mol. The van der Waals surface area contributed by atoms with Crippen LogP contribution in [0.3, 0.4) is 0 Å². The van der Waals surface area contributed by atoms with Crippen LogP contribution in [0.25, 0.3) is 72.0 Å². The van der Waals surface area contributed by atoms with E-state index in [9.17, 15) is 0 Å². The van der Waals surface area contributed by atoms with Gasteiger partial charge in [-0.3, -0.25) is 4.57 Å². The molecule has 0 N–H and O–H groups in total. The number of aryl methyl sites for hydroxylation is 1. The van der Waals surface area contributed by atoms with Crippen molar-refractivity contribution in [2.45, 2.75) is 6.17 Å². The summed E-state index contributed by atoms with van der Waals surface area (Å²) in [5, 5.41) is 4.17. The lowest BCUT2D eigenvalue weighted by atomic mass is 10.00. The van der Waals surface area contributed by atoms with Crippen LogP contribution in [0.15, 0.2) is 132 Å². The molecule has 0 bridgehead atoms. The highest BCUT2D eigenvalue weighted by Crippen LogP contribution is 2.41. The minimum atomic E-state index is -1.33. The van der Waals surface area contributed by atoms with Crippen LogP contribution < -0.4 is 0 Å². The van der Waals surface area contributed by atoms with Gasteiger partial charge in [-0.15, -0.1) is 0 Å². The number of rotatable bonds is 4. The number of nitrogens with zero attached hydrogens (tertiary/aromatic N) is 4. The monoisotopic (exact) mass is 572 g/mol. The normalized spacial score (nSPS) is 12.7. The van der Waals surface area contributed by atoms with Crippen LogP contribution in [0.1, 0.15) is 17.3 Å². The summed E-state index contributed by atoms with van der Waals surface area (Å²) in [6.45, 7) is 0. The zero-order chi connectivity index (χ0) is 29.4. The molecule has 9 rings (SSSR count). The molecule has 1 unspecified atom stereocenters. The van der Waals surface area contributed by atoms with E-state index in [2.05, 4.69) is 27.3 Å². The second-order valence-corrected chi connectivity index (χ2v) is 11.2. The van der Waals surface area contributed by atoms with Crippen LogP contribution in [-0.4, -0.2) is 19.1 Å². The van der Waals surface area contributed by atoms with E-state index in [4.69, 9.17) is 14.4 Å². The molecule has 0 fully saturated rings. The van der Waals surface area contributed by atoms with E-state index in [0.717, 1.165) is 72.0 Å². The first kappa shape index (κ1) is 24.8. The summed E-state index contributed by atoms with van der Waals surface area (Å²) < 4.78 is 26.9. The topological polar surface area (TPSA) is 48.8 Å². The number of pyridine rings is 1. The molecule has 5 nitrogen and oxygen atoms in total. The molecular weight excluding hydrogens is 547 g/mol. The highest BCUT2D eigenvalue weighted by Gasteiger charge is 2.21. The Morgan fingerprint density at radius 1 is 0.705 bits per heavy atom. The van der Waals surface area contributed by atoms with Crippen molar-refractivity contribution in [1.29, 1.82) is 0 Å². The lowest BCUT2D eigenvalue weighted by Gasteiger charge is -2.14. The number of furan rings is 1. The molecule has 4 aromatic heterocycles. The van der Waals surface area contributed by atoms with Crippen molar-refractivity contribution in [3.63, 3.8) is 0 Å². The van der Waals surface area contributed by atoms with Crippen molar-refractivity contribution in [3.05, 3.63) is 139 Å². The fourth-order valence-electron chi connectivity index (χ4n) is 6.64. The van der Waals surface area contributed by atoms with Crippen molar-refractivity contribution in [2.75, 3.05) is 0 Å². The van der Waals surface area contributed by atoms with Gasteiger partial charge in [0.25, 0.3) is 0 Å². The summed E-state index contributed by atoms with van der Waals surface area (Å²) in [5.41, 5.74) is 8.27. The smallest absolute Gasteiger partial charge is 0.150 e. The number of benzene rings is 5. The van der Waals surface area contributed by atoms with Crippen LogP contribution in [0, 0.1) is 0 Å². The molecule has 210 valence electrons. The van der Waals surface area contributed by atoms with E-state index >= 15 is 4.39 Å². The van der Waals surface area contributed by atoms with Crippen LogP contribution in [0.5, 0.6) is 0 Å².